The van der Waals surface area contributed by atoms with Crippen molar-refractivity contribution in [1.82, 2.24) is 0 Å². The van der Waals surface area contributed by atoms with Crippen LogP contribution in [-0.2, 0) is 4.74 Å². The highest BCUT2D eigenvalue weighted by Gasteiger charge is 2.17. The lowest BCUT2D eigenvalue weighted by atomic mass is 10.1. The fraction of sp³-hybridized carbons (Fsp3) is 0.143. The predicted molar refractivity (Wildman–Crippen MR) is 103 cm³/mol. The van der Waals surface area contributed by atoms with Gasteiger partial charge in [-0.1, -0.05) is 18.2 Å². The van der Waals surface area contributed by atoms with Crippen molar-refractivity contribution in [3.63, 3.8) is 0 Å². The van der Waals surface area contributed by atoms with Crippen LogP contribution in [0.1, 0.15) is 17.3 Å². The van der Waals surface area contributed by atoms with E-state index in [2.05, 4.69) is 10.2 Å². The molecule has 0 aliphatic heterocycles. The highest BCUT2D eigenvalue weighted by molar-refractivity contribution is 5.90. The maximum atomic E-state index is 12.1. The third kappa shape index (κ3) is 4.32. The minimum absolute atomic E-state index is 0.0128. The Labute approximate surface area is 161 Å². The number of hydrogen-bond acceptors (Lipinski definition) is 7. The summed E-state index contributed by atoms with van der Waals surface area (Å²) in [7, 11) is 1.58. The second-order valence-electron chi connectivity index (χ2n) is 5.69. The van der Waals surface area contributed by atoms with Gasteiger partial charge in [0, 0.05) is 5.56 Å². The van der Waals surface area contributed by atoms with Crippen LogP contribution in [0.5, 0.6) is 5.75 Å². The van der Waals surface area contributed by atoms with Crippen molar-refractivity contribution in [3.05, 3.63) is 71.8 Å². The normalized spacial score (nSPS) is 10.8. The number of ether oxygens (including phenoxy) is 2. The summed E-state index contributed by atoms with van der Waals surface area (Å²) in [5.41, 5.74) is 1.32. The highest BCUT2D eigenvalue weighted by Crippen LogP contribution is 2.32. The molecule has 3 aromatic rings. The van der Waals surface area contributed by atoms with Crippen molar-refractivity contribution in [2.75, 3.05) is 13.7 Å². The second-order valence-corrected chi connectivity index (χ2v) is 5.69. The van der Waals surface area contributed by atoms with Gasteiger partial charge in [-0.2, -0.15) is 5.11 Å². The number of nitrogens with one attached hydrogen (secondary N) is 1. The van der Waals surface area contributed by atoms with E-state index in [1.54, 1.807) is 50.4 Å². The fourth-order valence-corrected chi connectivity index (χ4v) is 2.47. The summed E-state index contributed by atoms with van der Waals surface area (Å²) in [5.74, 6) is 0.361. The van der Waals surface area contributed by atoms with Gasteiger partial charge in [-0.3, -0.25) is 5.41 Å². The van der Waals surface area contributed by atoms with Crippen molar-refractivity contribution in [3.8, 4) is 17.1 Å². The predicted octanol–water partition coefficient (Wildman–Crippen LogP) is 5.03. The second kappa shape index (κ2) is 8.77. The molecule has 7 nitrogen and oxygen atoms in total. The maximum absolute atomic E-state index is 12.1. The van der Waals surface area contributed by atoms with Gasteiger partial charge in [0.1, 0.15) is 17.0 Å². The summed E-state index contributed by atoms with van der Waals surface area (Å²) >= 11 is 0. The van der Waals surface area contributed by atoms with Crippen LogP contribution in [0, 0.1) is 5.41 Å². The zero-order chi connectivity index (χ0) is 19.9. The molecule has 1 aromatic heterocycles. The maximum Gasteiger partial charge on any atom is 0.343 e. The first-order valence-corrected chi connectivity index (χ1v) is 8.63. The molecule has 0 fully saturated rings. The van der Waals surface area contributed by atoms with E-state index in [-0.39, 0.29) is 17.7 Å². The lowest BCUT2D eigenvalue weighted by Crippen LogP contribution is -2.16. The van der Waals surface area contributed by atoms with Gasteiger partial charge in [0.25, 0.3) is 0 Å². The molecule has 0 spiro atoms. The van der Waals surface area contributed by atoms with Crippen LogP contribution in [0.15, 0.2) is 75.3 Å². The molecule has 28 heavy (non-hydrogen) atoms. The minimum Gasteiger partial charge on any atom is -0.497 e. The van der Waals surface area contributed by atoms with Gasteiger partial charge in [-0.25, -0.2) is 4.79 Å². The molecule has 0 saturated carbocycles. The Morgan fingerprint density at radius 1 is 1.07 bits per heavy atom. The van der Waals surface area contributed by atoms with Crippen molar-refractivity contribution >= 4 is 17.3 Å². The first-order valence-electron chi connectivity index (χ1n) is 8.63. The largest absolute Gasteiger partial charge is 0.497 e. The van der Waals surface area contributed by atoms with Crippen molar-refractivity contribution in [2.45, 2.75) is 6.92 Å². The van der Waals surface area contributed by atoms with Gasteiger partial charge < -0.3 is 13.9 Å². The van der Waals surface area contributed by atoms with E-state index in [1.807, 2.05) is 18.2 Å². The highest BCUT2D eigenvalue weighted by atomic mass is 16.5. The molecule has 0 atom stereocenters. The summed E-state index contributed by atoms with van der Waals surface area (Å²) < 4.78 is 15.8. The van der Waals surface area contributed by atoms with E-state index in [1.165, 1.54) is 6.07 Å². The number of benzene rings is 2. The molecule has 0 bridgehead atoms. The molecule has 2 aromatic carbocycles. The molecule has 0 aliphatic carbocycles. The van der Waals surface area contributed by atoms with Gasteiger partial charge in [-0.05, 0) is 49.4 Å². The number of hydrogen-bond donors (Lipinski definition) is 1. The topological polar surface area (TPSA) is 97.2 Å². The Kier molecular flexibility index (Phi) is 5.96. The lowest BCUT2D eigenvalue weighted by Gasteiger charge is -2.08. The fourth-order valence-electron chi connectivity index (χ4n) is 2.47. The number of nitrogens with zero attached hydrogens (tertiary/aromatic N) is 2. The third-order valence-corrected chi connectivity index (χ3v) is 3.84. The van der Waals surface area contributed by atoms with E-state index >= 15 is 0 Å². The monoisotopic (exact) mass is 377 g/mol. The Balaban J connectivity index is 2.10. The number of rotatable bonds is 6. The Morgan fingerprint density at radius 3 is 2.43 bits per heavy atom. The molecule has 7 heteroatoms. The van der Waals surface area contributed by atoms with Crippen LogP contribution in [0.3, 0.4) is 0 Å². The van der Waals surface area contributed by atoms with Crippen molar-refractivity contribution in [2.24, 2.45) is 10.2 Å². The molecule has 0 saturated heterocycles. The van der Waals surface area contributed by atoms with Gasteiger partial charge >= 0.3 is 5.97 Å². The molecule has 1 N–H and O–H groups in total. The van der Waals surface area contributed by atoms with Crippen LogP contribution in [0.25, 0.3) is 11.3 Å². The first kappa shape index (κ1) is 19.0. The van der Waals surface area contributed by atoms with E-state index in [0.717, 1.165) is 0 Å². The van der Waals surface area contributed by atoms with E-state index in [0.29, 0.717) is 28.4 Å². The number of methoxy groups -OCH3 is 1. The SMILES string of the molecule is CCOC(=O)c1cc(N=Nc2ccccc2)c(-c2ccc(OC)cc2)oc1=N. The molecule has 3 rings (SSSR count). The van der Waals surface area contributed by atoms with Crippen LogP contribution in [0.2, 0.25) is 0 Å². The van der Waals surface area contributed by atoms with Crippen molar-refractivity contribution in [1.29, 1.82) is 5.41 Å². The quantitative estimate of drug-likeness (QED) is 0.481. The molecular weight excluding hydrogens is 358 g/mol. The average molecular weight is 377 g/mol. The zero-order valence-corrected chi connectivity index (χ0v) is 15.5. The lowest BCUT2D eigenvalue weighted by molar-refractivity contribution is 0.0520. The molecule has 142 valence electrons. The standard InChI is InChI=1S/C21H19N3O4/c1-3-27-21(25)17-13-18(24-23-15-7-5-4-6-8-15)19(28-20(17)22)14-9-11-16(26-2)12-10-14/h4-13,22H,3H2,1-2H3. The summed E-state index contributed by atoms with van der Waals surface area (Å²) in [6.45, 7) is 1.89. The Hall–Kier alpha value is -3.74. The Morgan fingerprint density at radius 2 is 1.79 bits per heavy atom. The average Bonchev–Trinajstić information content (AvgIpc) is 2.73. The smallest absolute Gasteiger partial charge is 0.343 e. The Bertz CT molecular complexity index is 1040. The summed E-state index contributed by atoms with van der Waals surface area (Å²) in [6, 6.07) is 17.7. The third-order valence-electron chi connectivity index (χ3n) is 3.84. The van der Waals surface area contributed by atoms with Crippen LogP contribution in [0.4, 0.5) is 11.4 Å². The summed E-state index contributed by atoms with van der Waals surface area (Å²) in [6.07, 6.45) is 0. The number of carbonyl (C=O) groups excluding carboxylic acids is 1. The van der Waals surface area contributed by atoms with Crippen LogP contribution in [-0.4, -0.2) is 19.7 Å². The zero-order valence-electron chi connectivity index (χ0n) is 15.5. The van der Waals surface area contributed by atoms with Gasteiger partial charge in [-0.15, -0.1) is 5.11 Å². The molecule has 1 heterocycles. The molecule has 0 radical (unpaired) electrons. The van der Waals surface area contributed by atoms with Crippen molar-refractivity contribution < 1.29 is 18.7 Å². The molecule has 0 unspecified atom stereocenters. The number of carbonyl (C=O) groups is 1. The number of esters is 1. The van der Waals surface area contributed by atoms with E-state index in [4.69, 9.17) is 19.3 Å². The summed E-state index contributed by atoms with van der Waals surface area (Å²) in [5, 5.41) is 16.5. The summed E-state index contributed by atoms with van der Waals surface area (Å²) in [4.78, 5) is 12.1. The molecular formula is C21H19N3O4. The van der Waals surface area contributed by atoms with Gasteiger partial charge in [0.2, 0.25) is 5.55 Å². The minimum atomic E-state index is -0.645. The molecule has 0 amide bonds. The number of azo groups is 1. The van der Waals surface area contributed by atoms with E-state index < -0.39 is 5.97 Å². The first-order chi connectivity index (χ1) is 13.6. The van der Waals surface area contributed by atoms with E-state index in [9.17, 15) is 4.79 Å². The van der Waals surface area contributed by atoms with Crippen LogP contribution < -0.4 is 10.3 Å². The molecule has 0 aliphatic rings. The van der Waals surface area contributed by atoms with Gasteiger partial charge in [0.15, 0.2) is 5.76 Å². The van der Waals surface area contributed by atoms with Crippen LogP contribution >= 0.6 is 0 Å². The van der Waals surface area contributed by atoms with Gasteiger partial charge in [0.05, 0.1) is 19.4 Å².